The molecule has 0 aliphatic heterocycles. The Bertz CT molecular complexity index is 1880. The van der Waals surface area contributed by atoms with Crippen LogP contribution in [0, 0.1) is 30.2 Å². The quantitative estimate of drug-likeness (QED) is 0.0654. The third-order valence-corrected chi connectivity index (χ3v) is 11.3. The fraction of sp³-hybridized carbons (Fsp3) is 0.463. The maximum atomic E-state index is 11.7. The summed E-state index contributed by atoms with van der Waals surface area (Å²) in [7, 11) is 0. The van der Waals surface area contributed by atoms with Crippen LogP contribution in [0.15, 0.2) is 54.6 Å². The van der Waals surface area contributed by atoms with E-state index in [-0.39, 0.29) is 63.4 Å². The minimum atomic E-state index is 0. The molecule has 0 unspecified atom stereocenters. The molecule has 1 radical (unpaired) electrons. The SMILES string of the molecule is CCC(CC)C(=O)/C=C(\O)C(CC)CC.Cc1ccc2[c-]c(-c3ncnc4c3[se]c3cc(CC(C)(C)C)ccc34)cc(C(C)C)c2n1.[Ir]. The van der Waals surface area contributed by atoms with Crippen molar-refractivity contribution >= 4 is 50.6 Å². The molecule has 0 bridgehead atoms. The van der Waals surface area contributed by atoms with Crippen molar-refractivity contribution in [2.24, 2.45) is 17.3 Å². The second kappa shape index (κ2) is 17.3. The zero-order chi connectivity index (χ0) is 34.5. The summed E-state index contributed by atoms with van der Waals surface area (Å²) in [5.41, 5.74) is 8.18. The molecule has 0 spiro atoms. The average molecular weight is 890 g/mol. The Balaban J connectivity index is 0.000000334. The van der Waals surface area contributed by atoms with E-state index in [0.29, 0.717) is 5.92 Å². The van der Waals surface area contributed by atoms with E-state index >= 15 is 0 Å². The molecule has 0 amide bonds. The van der Waals surface area contributed by atoms with Gasteiger partial charge >= 0.3 is 196 Å². The van der Waals surface area contributed by atoms with E-state index in [2.05, 4.69) is 77.1 Å². The summed E-state index contributed by atoms with van der Waals surface area (Å²) in [6, 6.07) is 17.0. The molecule has 0 aliphatic rings. The molecule has 1 N–H and O–H groups in total. The van der Waals surface area contributed by atoms with Gasteiger partial charge in [-0.3, -0.25) is 4.79 Å². The molecule has 2 aromatic carbocycles. The van der Waals surface area contributed by atoms with Gasteiger partial charge in [0.1, 0.15) is 0 Å². The van der Waals surface area contributed by atoms with Crippen molar-refractivity contribution in [3.05, 3.63) is 77.4 Å². The van der Waals surface area contributed by atoms with Crippen LogP contribution < -0.4 is 0 Å². The molecule has 0 fully saturated rings. The first-order chi connectivity index (χ1) is 22.3. The van der Waals surface area contributed by atoms with Gasteiger partial charge in [-0.2, -0.15) is 0 Å². The summed E-state index contributed by atoms with van der Waals surface area (Å²) in [6.07, 6.45) is 7.69. The van der Waals surface area contributed by atoms with Crippen LogP contribution >= 0.6 is 0 Å². The van der Waals surface area contributed by atoms with E-state index in [9.17, 15) is 9.90 Å². The number of carbonyl (C=O) groups excluding carboxylic acids is 1. The number of aryl methyl sites for hydroxylation is 1. The first kappa shape index (κ1) is 39.7. The molecule has 0 atom stereocenters. The molecule has 259 valence electrons. The number of pyridine rings is 1. The van der Waals surface area contributed by atoms with Gasteiger partial charge in [0.15, 0.2) is 5.78 Å². The summed E-state index contributed by atoms with van der Waals surface area (Å²) in [6.45, 7) is 21.4. The van der Waals surface area contributed by atoms with Gasteiger partial charge in [0.25, 0.3) is 0 Å². The number of hydrogen-bond acceptors (Lipinski definition) is 5. The smallest absolute Gasteiger partial charge is 0 e. The van der Waals surface area contributed by atoms with Gasteiger partial charge in [0.2, 0.25) is 0 Å². The predicted molar refractivity (Wildman–Crippen MR) is 199 cm³/mol. The van der Waals surface area contributed by atoms with E-state index in [1.807, 2.05) is 34.6 Å². The molecule has 5 nitrogen and oxygen atoms in total. The molecule has 0 saturated heterocycles. The minimum absolute atomic E-state index is 0. The second-order valence-corrected chi connectivity index (χ2v) is 16.4. The van der Waals surface area contributed by atoms with Crippen molar-refractivity contribution in [3.63, 3.8) is 0 Å². The molecule has 0 aliphatic carbocycles. The van der Waals surface area contributed by atoms with Crippen molar-refractivity contribution in [3.8, 4) is 11.3 Å². The van der Waals surface area contributed by atoms with Gasteiger partial charge in [0.05, 0.1) is 5.76 Å². The van der Waals surface area contributed by atoms with Gasteiger partial charge in [-0.15, -0.1) is 0 Å². The standard InChI is InChI=1S/C28H28N3Se.C13H24O2.Ir/c1-16(2)22-13-20(12-19-9-7-17(3)31-24(19)22)25-27-26(30-15-29-25)21-10-8-18(11-23(21)32-27)14-28(4,5)6;1-5-10(6-2)12(14)9-13(15)11(7-3)8-4;/h7-11,13,15-16H,14H2,1-6H3;9-11,14H,5-8H2,1-4H3;/q-1;;/b;12-9-;. The van der Waals surface area contributed by atoms with Crippen LogP contribution in [0.1, 0.15) is 111 Å². The Morgan fingerprint density at radius 3 is 2.21 bits per heavy atom. The Labute approximate surface area is 307 Å². The van der Waals surface area contributed by atoms with E-state index in [1.165, 1.54) is 31.1 Å². The monoisotopic (exact) mass is 891 g/mol. The number of aromatic nitrogens is 3. The number of allylic oxidation sites excluding steroid dienone is 2. The largest absolute Gasteiger partial charge is 0 e. The van der Waals surface area contributed by atoms with Crippen molar-refractivity contribution in [1.82, 2.24) is 15.0 Å². The Morgan fingerprint density at radius 2 is 1.60 bits per heavy atom. The molecular formula is C41H52IrN3O2Se-. The molecule has 5 aromatic rings. The van der Waals surface area contributed by atoms with Crippen LogP contribution in [0.4, 0.5) is 0 Å². The first-order valence-electron chi connectivity index (χ1n) is 17.2. The van der Waals surface area contributed by atoms with Crippen LogP contribution in [-0.4, -0.2) is 40.3 Å². The Hall–Kier alpha value is -2.69. The molecule has 48 heavy (non-hydrogen) atoms. The number of ketones is 1. The normalized spacial score (nSPS) is 12.2. The second-order valence-electron chi connectivity index (χ2n) is 14.2. The number of rotatable bonds is 10. The third-order valence-electron chi connectivity index (χ3n) is 8.89. The van der Waals surface area contributed by atoms with Crippen LogP contribution in [0.3, 0.4) is 0 Å². The van der Waals surface area contributed by atoms with Crippen LogP contribution in [0.2, 0.25) is 0 Å². The van der Waals surface area contributed by atoms with Crippen LogP contribution in [0.5, 0.6) is 0 Å². The molecule has 3 aromatic heterocycles. The molecule has 5 rings (SSSR count). The number of aliphatic hydroxyl groups excluding tert-OH is 1. The van der Waals surface area contributed by atoms with Gasteiger partial charge in [0, 0.05) is 38.0 Å². The Morgan fingerprint density at radius 1 is 0.938 bits per heavy atom. The van der Waals surface area contributed by atoms with E-state index in [1.54, 1.807) is 6.33 Å². The molecule has 3 heterocycles. The van der Waals surface area contributed by atoms with Crippen molar-refractivity contribution in [2.45, 2.75) is 107 Å². The Kier molecular flexibility index (Phi) is 14.3. The van der Waals surface area contributed by atoms with Crippen LogP contribution in [0.25, 0.3) is 41.6 Å². The molecule has 7 heteroatoms. The maximum absolute atomic E-state index is 11.7. The third kappa shape index (κ3) is 9.51. The average Bonchev–Trinajstić information content (AvgIpc) is 3.39. The summed E-state index contributed by atoms with van der Waals surface area (Å²) >= 11 is 0.182. The van der Waals surface area contributed by atoms with Gasteiger partial charge < -0.3 is 5.11 Å². The van der Waals surface area contributed by atoms with Gasteiger partial charge in [-0.1, -0.05) is 27.7 Å². The topological polar surface area (TPSA) is 76.0 Å². The fourth-order valence-electron chi connectivity index (χ4n) is 6.16. The summed E-state index contributed by atoms with van der Waals surface area (Å²) in [5.74, 6) is 0.920. The van der Waals surface area contributed by atoms with E-state index in [0.717, 1.165) is 65.5 Å². The first-order valence-corrected chi connectivity index (χ1v) is 19.0. The number of aliphatic hydroxyl groups is 1. The van der Waals surface area contributed by atoms with Crippen molar-refractivity contribution < 1.29 is 30.0 Å². The number of hydrogen-bond donors (Lipinski definition) is 1. The number of carbonyl (C=O) groups is 1. The van der Waals surface area contributed by atoms with E-state index in [4.69, 9.17) is 15.0 Å². The zero-order valence-electron chi connectivity index (χ0n) is 30.3. The molecule has 0 saturated carbocycles. The zero-order valence-corrected chi connectivity index (χ0v) is 34.4. The summed E-state index contributed by atoms with van der Waals surface area (Å²) in [4.78, 5) is 26.0. The summed E-state index contributed by atoms with van der Waals surface area (Å²) < 4.78 is 2.69. The maximum Gasteiger partial charge on any atom is 0 e. The van der Waals surface area contributed by atoms with E-state index < -0.39 is 0 Å². The van der Waals surface area contributed by atoms with Gasteiger partial charge in [-0.05, 0) is 25.7 Å². The minimum Gasteiger partial charge on any atom is 0 e. The van der Waals surface area contributed by atoms with Gasteiger partial charge in [-0.25, -0.2) is 0 Å². The van der Waals surface area contributed by atoms with Crippen LogP contribution in [-0.2, 0) is 31.3 Å². The fourth-order valence-corrected chi connectivity index (χ4v) is 8.73. The van der Waals surface area contributed by atoms with Crippen molar-refractivity contribution in [2.75, 3.05) is 0 Å². The number of benzene rings is 2. The summed E-state index contributed by atoms with van der Waals surface area (Å²) in [5, 5.41) is 12.1. The molecular weight excluding hydrogens is 838 g/mol. The predicted octanol–water partition coefficient (Wildman–Crippen LogP) is 10.7. The number of nitrogens with zero attached hydrogens (tertiary/aromatic N) is 3. The number of fused-ring (bicyclic) bond motifs is 4. The van der Waals surface area contributed by atoms with Crippen molar-refractivity contribution in [1.29, 1.82) is 0 Å².